The number of rotatable bonds is 3. The number of aromatic nitrogens is 1. The van der Waals surface area contributed by atoms with E-state index in [1.54, 1.807) is 6.07 Å². The van der Waals surface area contributed by atoms with Crippen molar-refractivity contribution >= 4 is 11.6 Å². The number of piperidine rings is 1. The number of allylic oxidation sites excluding steroid dienone is 1. The first kappa shape index (κ1) is 18.9. The van der Waals surface area contributed by atoms with Crippen molar-refractivity contribution in [1.82, 2.24) is 10.1 Å². The predicted molar refractivity (Wildman–Crippen MR) is 111 cm³/mol. The van der Waals surface area contributed by atoms with Crippen molar-refractivity contribution < 1.29 is 9.32 Å². The highest BCUT2D eigenvalue weighted by Gasteiger charge is 2.46. The van der Waals surface area contributed by atoms with Gasteiger partial charge in [0, 0.05) is 30.3 Å². The molecule has 0 unspecified atom stereocenters. The first-order chi connectivity index (χ1) is 13.4. The Morgan fingerprint density at radius 1 is 1.21 bits per heavy atom. The van der Waals surface area contributed by atoms with Crippen molar-refractivity contribution in [2.75, 3.05) is 31.1 Å². The normalized spacial score (nSPS) is 18.4. The SMILES string of the molecule is CC(C)=CCN1CCC2(CC1)CN(C(=O)c1cc(C)on1)c1ccc(C)cc12. The minimum absolute atomic E-state index is 0.0390. The second-order valence-corrected chi connectivity index (χ2v) is 8.60. The first-order valence-corrected chi connectivity index (χ1v) is 10.1. The van der Waals surface area contributed by atoms with E-state index in [1.807, 2.05) is 11.8 Å². The van der Waals surface area contributed by atoms with Crippen LogP contribution in [-0.2, 0) is 5.41 Å². The maximum Gasteiger partial charge on any atom is 0.280 e. The van der Waals surface area contributed by atoms with E-state index in [1.165, 1.54) is 16.7 Å². The van der Waals surface area contributed by atoms with Gasteiger partial charge in [-0.1, -0.05) is 34.5 Å². The molecule has 1 aromatic carbocycles. The van der Waals surface area contributed by atoms with Gasteiger partial charge in [0.05, 0.1) is 0 Å². The summed E-state index contributed by atoms with van der Waals surface area (Å²) in [5, 5.41) is 3.96. The number of anilines is 1. The summed E-state index contributed by atoms with van der Waals surface area (Å²) < 4.78 is 5.14. The van der Waals surface area contributed by atoms with Gasteiger partial charge in [-0.25, -0.2) is 0 Å². The second-order valence-electron chi connectivity index (χ2n) is 8.60. The minimum atomic E-state index is -0.0641. The molecule has 4 rings (SSSR count). The predicted octanol–water partition coefficient (Wildman–Crippen LogP) is 4.25. The molecule has 28 heavy (non-hydrogen) atoms. The minimum Gasteiger partial charge on any atom is -0.361 e. The van der Waals surface area contributed by atoms with Crippen LogP contribution >= 0.6 is 0 Å². The quantitative estimate of drug-likeness (QED) is 0.748. The van der Waals surface area contributed by atoms with Crippen LogP contribution in [0.5, 0.6) is 0 Å². The van der Waals surface area contributed by atoms with Crippen molar-refractivity contribution in [1.29, 1.82) is 0 Å². The van der Waals surface area contributed by atoms with Crippen molar-refractivity contribution in [2.24, 2.45) is 0 Å². The molecule has 2 aromatic rings. The lowest BCUT2D eigenvalue weighted by Gasteiger charge is -2.39. The highest BCUT2D eigenvalue weighted by atomic mass is 16.5. The number of hydrogen-bond donors (Lipinski definition) is 0. The number of amides is 1. The molecule has 0 saturated carbocycles. The van der Waals surface area contributed by atoms with Gasteiger partial charge >= 0.3 is 0 Å². The molecule has 2 aliphatic heterocycles. The molecule has 1 spiro atoms. The molecule has 148 valence electrons. The zero-order chi connectivity index (χ0) is 19.9. The van der Waals surface area contributed by atoms with Gasteiger partial charge in [0.25, 0.3) is 5.91 Å². The topological polar surface area (TPSA) is 49.6 Å². The average Bonchev–Trinajstić information content (AvgIpc) is 3.23. The van der Waals surface area contributed by atoms with Gasteiger partial charge in [-0.15, -0.1) is 0 Å². The van der Waals surface area contributed by atoms with E-state index in [0.717, 1.165) is 44.7 Å². The van der Waals surface area contributed by atoms with Crippen molar-refractivity contribution in [3.05, 3.63) is 58.5 Å². The summed E-state index contributed by atoms with van der Waals surface area (Å²) in [4.78, 5) is 17.6. The van der Waals surface area contributed by atoms with Crippen molar-refractivity contribution in [2.45, 2.75) is 46.0 Å². The summed E-state index contributed by atoms with van der Waals surface area (Å²) in [5.41, 5.74) is 5.40. The number of nitrogens with zero attached hydrogens (tertiary/aromatic N) is 3. The zero-order valence-corrected chi connectivity index (χ0v) is 17.3. The Hall–Kier alpha value is -2.40. The molecule has 5 heteroatoms. The summed E-state index contributed by atoms with van der Waals surface area (Å²) in [5.74, 6) is 0.597. The van der Waals surface area contributed by atoms with Gasteiger partial charge in [-0.3, -0.25) is 9.69 Å². The molecule has 1 aromatic heterocycles. The summed E-state index contributed by atoms with van der Waals surface area (Å²) in [6, 6.07) is 8.20. The van der Waals surface area contributed by atoms with Gasteiger partial charge in [0.1, 0.15) is 5.76 Å². The monoisotopic (exact) mass is 379 g/mol. The molecule has 1 saturated heterocycles. The van der Waals surface area contributed by atoms with Gasteiger partial charge in [-0.05, 0) is 65.3 Å². The van der Waals surface area contributed by atoms with Crippen LogP contribution in [0.3, 0.4) is 0 Å². The number of benzene rings is 1. The molecule has 2 aliphatic rings. The summed E-state index contributed by atoms with van der Waals surface area (Å²) >= 11 is 0. The molecule has 0 bridgehead atoms. The lowest BCUT2D eigenvalue weighted by Crippen LogP contribution is -2.46. The van der Waals surface area contributed by atoms with E-state index in [0.29, 0.717) is 11.5 Å². The van der Waals surface area contributed by atoms with Crippen LogP contribution in [0.2, 0.25) is 0 Å². The second kappa shape index (κ2) is 7.21. The fourth-order valence-corrected chi connectivity index (χ4v) is 4.47. The number of hydrogen-bond acceptors (Lipinski definition) is 4. The number of aryl methyl sites for hydroxylation is 2. The fraction of sp³-hybridized carbons (Fsp3) is 0.478. The standard InChI is InChI=1S/C23H29N3O2/c1-16(2)7-10-25-11-8-23(9-12-25)15-26(21-6-5-17(3)13-19(21)23)22(27)20-14-18(4)28-24-20/h5-7,13-14H,8-12,15H2,1-4H3. The Kier molecular flexibility index (Phi) is 4.88. The molecule has 0 radical (unpaired) electrons. The molecule has 3 heterocycles. The summed E-state index contributed by atoms with van der Waals surface area (Å²) in [7, 11) is 0. The zero-order valence-electron chi connectivity index (χ0n) is 17.3. The molecule has 0 N–H and O–H groups in total. The van der Waals surface area contributed by atoms with E-state index in [4.69, 9.17) is 4.52 Å². The van der Waals surface area contributed by atoms with Crippen LogP contribution < -0.4 is 4.90 Å². The number of carbonyl (C=O) groups is 1. The van der Waals surface area contributed by atoms with Crippen LogP contribution in [0.25, 0.3) is 0 Å². The Balaban J connectivity index is 1.61. The van der Waals surface area contributed by atoms with E-state index in [9.17, 15) is 4.79 Å². The van der Waals surface area contributed by atoms with E-state index >= 15 is 0 Å². The third-order valence-corrected chi connectivity index (χ3v) is 6.14. The molecular formula is C23H29N3O2. The third kappa shape index (κ3) is 3.39. The molecule has 1 amide bonds. The fourth-order valence-electron chi connectivity index (χ4n) is 4.47. The maximum absolute atomic E-state index is 13.2. The van der Waals surface area contributed by atoms with Crippen LogP contribution in [0.1, 0.15) is 54.1 Å². The van der Waals surface area contributed by atoms with Crippen LogP contribution in [0, 0.1) is 13.8 Å². The summed E-state index contributed by atoms with van der Waals surface area (Å²) in [6.07, 6.45) is 4.44. The van der Waals surface area contributed by atoms with Gasteiger partial charge in [0.2, 0.25) is 0 Å². The van der Waals surface area contributed by atoms with E-state index in [-0.39, 0.29) is 11.3 Å². The summed E-state index contributed by atoms with van der Waals surface area (Å²) in [6.45, 7) is 12.1. The number of likely N-dealkylation sites (tertiary alicyclic amines) is 1. The third-order valence-electron chi connectivity index (χ3n) is 6.14. The maximum atomic E-state index is 13.2. The molecule has 0 atom stereocenters. The van der Waals surface area contributed by atoms with Crippen molar-refractivity contribution in [3.8, 4) is 0 Å². The smallest absolute Gasteiger partial charge is 0.280 e. The van der Waals surface area contributed by atoms with E-state index < -0.39 is 0 Å². The molecular weight excluding hydrogens is 350 g/mol. The molecule has 5 nitrogen and oxygen atoms in total. The van der Waals surface area contributed by atoms with E-state index in [2.05, 4.69) is 55.1 Å². The Morgan fingerprint density at radius 2 is 1.96 bits per heavy atom. The Morgan fingerprint density at radius 3 is 2.61 bits per heavy atom. The van der Waals surface area contributed by atoms with Crippen LogP contribution in [-0.4, -0.2) is 42.1 Å². The molecule has 1 fully saturated rings. The van der Waals surface area contributed by atoms with Gasteiger partial charge in [0.15, 0.2) is 5.69 Å². The van der Waals surface area contributed by atoms with Crippen LogP contribution in [0.4, 0.5) is 5.69 Å². The lowest BCUT2D eigenvalue weighted by molar-refractivity contribution is 0.0969. The van der Waals surface area contributed by atoms with Crippen molar-refractivity contribution in [3.63, 3.8) is 0 Å². The van der Waals surface area contributed by atoms with Gasteiger partial charge in [-0.2, -0.15) is 0 Å². The Bertz CT molecular complexity index is 916. The van der Waals surface area contributed by atoms with Gasteiger partial charge < -0.3 is 9.42 Å². The highest BCUT2D eigenvalue weighted by molar-refractivity contribution is 6.06. The average molecular weight is 380 g/mol. The number of fused-ring (bicyclic) bond motifs is 2. The Labute approximate surface area is 167 Å². The number of carbonyl (C=O) groups excluding carboxylic acids is 1. The lowest BCUT2D eigenvalue weighted by atomic mass is 9.74. The molecule has 0 aliphatic carbocycles. The first-order valence-electron chi connectivity index (χ1n) is 10.1. The highest BCUT2D eigenvalue weighted by Crippen LogP contribution is 2.47. The van der Waals surface area contributed by atoms with Crippen LogP contribution in [0.15, 0.2) is 40.4 Å². The largest absolute Gasteiger partial charge is 0.361 e.